The van der Waals surface area contributed by atoms with Crippen LogP contribution < -0.4 is 0 Å². The average Bonchev–Trinajstić information content (AvgIpc) is 2.60. The number of thioether (sulfide) groups is 2. The number of rotatable bonds is 14. The molecule has 0 unspecified atom stereocenters. The molecule has 0 fully saturated rings. The molecule has 0 aromatic rings. The van der Waals surface area contributed by atoms with Crippen LogP contribution in [0.2, 0.25) is 51.4 Å². The molecule has 0 aromatic carbocycles. The third-order valence-corrected chi connectivity index (χ3v) is 8.22. The van der Waals surface area contributed by atoms with E-state index in [9.17, 15) is 19.2 Å². The number of hydrogen-bond acceptors (Lipinski definition) is 10. The molecule has 0 aromatic heterocycles. The van der Waals surface area contributed by atoms with Crippen molar-refractivity contribution < 1.29 is 58.0 Å². The zero-order chi connectivity index (χ0) is 27.9. The Balaban J connectivity index is -0.000000122. The molecule has 0 amide bonds. The van der Waals surface area contributed by atoms with Crippen molar-refractivity contribution in [3.8, 4) is 0 Å². The molecule has 0 aliphatic carbocycles. The molecule has 222 valence electrons. The van der Waals surface area contributed by atoms with Crippen LogP contribution in [0.5, 0.6) is 0 Å². The molecule has 0 aliphatic rings. The minimum atomic E-state index is -3.27. The van der Waals surface area contributed by atoms with E-state index in [-0.39, 0.29) is 20.4 Å². The standard InChI is InChI=1S/2C7H18O3SSi.2C3H10OSi.Pd/c2*1-3-10-12(8,9)7-5-6-11-4-2;2*1-5(2,3)4;/h2*8-9H,3-7H2,1-2H3;2*4H,1-3H3;. The Kier molecular flexibility index (Phi) is 36.7. The number of hydrogen-bond donors (Lipinski definition) is 6. The predicted octanol–water partition coefficient (Wildman–Crippen LogP) is 3.80. The summed E-state index contributed by atoms with van der Waals surface area (Å²) in [4.78, 5) is 54.4. The van der Waals surface area contributed by atoms with E-state index in [4.69, 9.17) is 18.4 Å². The van der Waals surface area contributed by atoms with Crippen LogP contribution in [0.4, 0.5) is 0 Å². The minimum Gasteiger partial charge on any atom is -0.433 e. The summed E-state index contributed by atoms with van der Waals surface area (Å²) in [5, 5.41) is 0. The Hall–Kier alpha value is 1.91. The van der Waals surface area contributed by atoms with Gasteiger partial charge in [0, 0.05) is 45.7 Å². The molecular weight excluding hydrogens is 651 g/mol. The summed E-state index contributed by atoms with van der Waals surface area (Å²) < 4.78 is 9.70. The van der Waals surface area contributed by atoms with Gasteiger partial charge in [0.25, 0.3) is 0 Å². The molecule has 0 heterocycles. The zero-order valence-electron chi connectivity index (χ0n) is 23.7. The maximum atomic E-state index is 9.28. The molecule has 0 spiro atoms. The van der Waals surface area contributed by atoms with Crippen LogP contribution in [0.1, 0.15) is 40.5 Å². The van der Waals surface area contributed by atoms with Crippen molar-refractivity contribution in [3.05, 3.63) is 0 Å². The Morgan fingerprint density at radius 1 is 0.543 bits per heavy atom. The Bertz CT molecular complexity index is 381. The van der Waals surface area contributed by atoms with Crippen LogP contribution >= 0.6 is 23.5 Å². The van der Waals surface area contributed by atoms with Gasteiger partial charge in [0.2, 0.25) is 0 Å². The fourth-order valence-electron chi connectivity index (χ4n) is 1.70. The van der Waals surface area contributed by atoms with Crippen LogP contribution in [-0.2, 0) is 29.3 Å². The van der Waals surface area contributed by atoms with Crippen molar-refractivity contribution in [3.63, 3.8) is 0 Å². The molecule has 0 radical (unpaired) electrons. The van der Waals surface area contributed by atoms with E-state index in [1.807, 2.05) is 62.8 Å². The molecule has 6 N–H and O–H groups in total. The Labute approximate surface area is 242 Å². The van der Waals surface area contributed by atoms with Crippen molar-refractivity contribution in [1.82, 2.24) is 0 Å². The molecule has 8 nitrogen and oxygen atoms in total. The van der Waals surface area contributed by atoms with Gasteiger partial charge in [0.05, 0.1) is 0 Å². The van der Waals surface area contributed by atoms with E-state index in [1.54, 1.807) is 13.8 Å². The average molecular weight is 708 g/mol. The summed E-state index contributed by atoms with van der Waals surface area (Å²) in [5.41, 5.74) is 0. The Morgan fingerprint density at radius 2 is 0.771 bits per heavy atom. The first-order chi connectivity index (χ1) is 15.2. The van der Waals surface area contributed by atoms with Crippen LogP contribution in [0, 0.1) is 0 Å². The monoisotopic (exact) mass is 706 g/mol. The van der Waals surface area contributed by atoms with Gasteiger partial charge in [-0.05, 0) is 89.0 Å². The maximum absolute atomic E-state index is 9.28. The maximum Gasteiger partial charge on any atom is 0.495 e. The van der Waals surface area contributed by atoms with Gasteiger partial charge in [-0.3, -0.25) is 0 Å². The third kappa shape index (κ3) is 72.2. The van der Waals surface area contributed by atoms with Crippen molar-refractivity contribution >= 4 is 57.8 Å². The summed E-state index contributed by atoms with van der Waals surface area (Å²) in [6, 6.07) is 0.849. The predicted molar refractivity (Wildman–Crippen MR) is 160 cm³/mol. The second kappa shape index (κ2) is 27.5. The van der Waals surface area contributed by atoms with E-state index in [1.165, 1.54) is 0 Å². The second-order valence-corrected chi connectivity index (χ2v) is 25.3. The first-order valence-corrected chi connectivity index (χ1v) is 25.2. The normalized spacial score (nSPS) is 11.7. The van der Waals surface area contributed by atoms with E-state index in [2.05, 4.69) is 13.8 Å². The smallest absolute Gasteiger partial charge is 0.433 e. The zero-order valence-corrected chi connectivity index (χ0v) is 30.9. The summed E-state index contributed by atoms with van der Waals surface area (Å²) >= 11 is 3.62. The van der Waals surface area contributed by atoms with E-state index in [0.29, 0.717) is 25.3 Å². The van der Waals surface area contributed by atoms with Gasteiger partial charge in [0.15, 0.2) is 16.6 Å². The summed E-state index contributed by atoms with van der Waals surface area (Å²) in [5.74, 6) is 4.14. The van der Waals surface area contributed by atoms with E-state index < -0.39 is 34.2 Å². The van der Waals surface area contributed by atoms with Crippen LogP contribution in [-0.4, -0.2) is 99.2 Å². The molecule has 0 aliphatic heterocycles. The van der Waals surface area contributed by atoms with Crippen LogP contribution in [0.25, 0.3) is 0 Å². The molecular formula is C20H56O8PdS2Si4. The molecule has 0 atom stereocenters. The summed E-state index contributed by atoms with van der Waals surface area (Å²) in [6.45, 7) is 19.8. The van der Waals surface area contributed by atoms with Gasteiger partial charge >= 0.3 is 17.6 Å². The van der Waals surface area contributed by atoms with Crippen molar-refractivity contribution in [1.29, 1.82) is 0 Å². The van der Waals surface area contributed by atoms with Crippen molar-refractivity contribution in [2.75, 3.05) is 36.2 Å². The van der Waals surface area contributed by atoms with Crippen LogP contribution in [0.3, 0.4) is 0 Å². The van der Waals surface area contributed by atoms with Gasteiger partial charge in [0.1, 0.15) is 0 Å². The molecule has 0 saturated heterocycles. The van der Waals surface area contributed by atoms with Gasteiger partial charge < -0.3 is 37.6 Å². The third-order valence-electron chi connectivity index (χ3n) is 2.74. The van der Waals surface area contributed by atoms with Gasteiger partial charge in [-0.2, -0.15) is 23.5 Å². The fraction of sp³-hybridized carbons (Fsp3) is 1.00. The molecule has 35 heavy (non-hydrogen) atoms. The quantitative estimate of drug-likeness (QED) is 0.117. The second-order valence-electron chi connectivity index (χ2n) is 9.29. The summed E-state index contributed by atoms with van der Waals surface area (Å²) in [7, 11) is -9.76. The van der Waals surface area contributed by atoms with Crippen molar-refractivity contribution in [2.24, 2.45) is 0 Å². The first-order valence-electron chi connectivity index (χ1n) is 12.0. The first kappa shape index (κ1) is 46.7. The largest absolute Gasteiger partial charge is 0.495 e. The van der Waals surface area contributed by atoms with E-state index >= 15 is 0 Å². The molecule has 0 rings (SSSR count). The van der Waals surface area contributed by atoms with Gasteiger partial charge in [-0.15, -0.1) is 0 Å². The SMILES string of the molecule is CCO[Si](O)(O)CCCSCC.CCO[Si](O)(O)CCCSCC.C[Si](C)(C)O.C[Si](C)(C)O.[Pd]. The van der Waals surface area contributed by atoms with Gasteiger partial charge in [-0.25, -0.2) is 0 Å². The molecule has 0 saturated carbocycles. The van der Waals surface area contributed by atoms with E-state index in [0.717, 1.165) is 35.9 Å². The van der Waals surface area contributed by atoms with Crippen LogP contribution in [0.15, 0.2) is 0 Å². The van der Waals surface area contributed by atoms with Crippen molar-refractivity contribution in [2.45, 2.75) is 91.9 Å². The minimum absolute atomic E-state index is 0. The molecule has 0 bridgehead atoms. The fourth-order valence-corrected chi connectivity index (χ4v) is 5.98. The topological polar surface area (TPSA) is 140 Å². The molecule has 15 heteroatoms. The Morgan fingerprint density at radius 3 is 0.943 bits per heavy atom. The van der Waals surface area contributed by atoms with Gasteiger partial charge in [-0.1, -0.05) is 13.8 Å². The summed E-state index contributed by atoms with van der Waals surface area (Å²) in [6.07, 6.45) is 1.66.